The van der Waals surface area contributed by atoms with Crippen molar-refractivity contribution >= 4 is 136 Å². The molecule has 0 saturated heterocycles. The summed E-state index contributed by atoms with van der Waals surface area (Å²) in [6.07, 6.45) is 0. The Morgan fingerprint density at radius 3 is 0.643 bits per heavy atom. The molecule has 0 aliphatic carbocycles. The summed E-state index contributed by atoms with van der Waals surface area (Å²) in [5, 5.41) is 0. The molecular formula is H18K2MgO10S. The molecular weight excluding hydrogens is 295 g/mol. The molecule has 0 saturated carbocycles. The van der Waals surface area contributed by atoms with Crippen LogP contribution in [0.2, 0.25) is 0 Å². The van der Waals surface area contributed by atoms with Crippen LogP contribution in [0, 0.1) is 0 Å². The van der Waals surface area contributed by atoms with Gasteiger partial charge in [-0.1, -0.05) is 0 Å². The first-order chi connectivity index (χ1) is 2.00. The van der Waals surface area contributed by atoms with Crippen LogP contribution in [0.5, 0.6) is 0 Å². The quantitative estimate of drug-likeness (QED) is 0.325. The Balaban J connectivity index is -0.00000000222. The van der Waals surface area contributed by atoms with Crippen LogP contribution in [-0.2, 0) is 10.4 Å². The topological polar surface area (TPSA) is 264 Å². The van der Waals surface area contributed by atoms with Crippen LogP contribution >= 0.6 is 0 Å². The first kappa shape index (κ1) is 83.5. The molecule has 0 aromatic heterocycles. The van der Waals surface area contributed by atoms with Crippen molar-refractivity contribution in [3.8, 4) is 0 Å². The van der Waals surface area contributed by atoms with Gasteiger partial charge in [-0.3, -0.25) is 9.11 Å². The summed E-state index contributed by atoms with van der Waals surface area (Å²) in [5.74, 6) is 0. The molecule has 0 rings (SSSR count). The van der Waals surface area contributed by atoms with Crippen LogP contribution in [0.4, 0.5) is 0 Å². The second-order valence-corrected chi connectivity index (χ2v) is 1.34. The molecule has 88 valence electrons. The molecule has 0 radical (unpaired) electrons. The molecule has 0 spiro atoms. The van der Waals surface area contributed by atoms with E-state index in [-0.39, 0.29) is 159 Å². The van der Waals surface area contributed by atoms with Crippen molar-refractivity contribution in [2.75, 3.05) is 0 Å². The largest absolute Gasteiger partial charge is 0.316 e. The minimum Gasteiger partial charge on any atom is 0.316 e. The van der Waals surface area contributed by atoms with Gasteiger partial charge in [0.05, 0.1) is 0 Å². The standard InChI is InChI=1S/2K.Mg.H2O4S.6H2O.4H/c;;;1-5(2,3)4;;;;;;;;;;/h;;;(H2,1,2,3,4);6*1H2;;;;. The molecule has 0 fully saturated rings. The van der Waals surface area contributed by atoms with E-state index in [1.54, 1.807) is 0 Å². The number of hydrogen-bond donors (Lipinski definition) is 2. The first-order valence-corrected chi connectivity index (χ1v) is 2.10. The summed E-state index contributed by atoms with van der Waals surface area (Å²) in [7, 11) is -4.67. The predicted octanol–water partition coefficient (Wildman–Crippen LogP) is -7.81. The van der Waals surface area contributed by atoms with E-state index in [4.69, 9.17) is 17.5 Å². The zero-order valence-corrected chi connectivity index (χ0v) is 5.94. The molecule has 10 nitrogen and oxygen atoms in total. The molecule has 0 aromatic carbocycles. The fourth-order valence-electron chi connectivity index (χ4n) is 0. The van der Waals surface area contributed by atoms with E-state index in [0.717, 1.165) is 0 Å². The average Bonchev–Trinajstić information content (AvgIpc) is 0.722. The van der Waals surface area contributed by atoms with Crippen molar-refractivity contribution < 1.29 is 50.4 Å². The maximum absolute atomic E-state index is 8.74. The van der Waals surface area contributed by atoms with Gasteiger partial charge < -0.3 is 32.9 Å². The van der Waals surface area contributed by atoms with Gasteiger partial charge in [-0.05, 0) is 0 Å². The summed E-state index contributed by atoms with van der Waals surface area (Å²) in [6, 6.07) is 0. The summed E-state index contributed by atoms with van der Waals surface area (Å²) in [5.41, 5.74) is 0. The molecule has 14 N–H and O–H groups in total. The number of hydrogen-bond acceptors (Lipinski definition) is 2. The Morgan fingerprint density at radius 1 is 0.643 bits per heavy atom. The zero-order chi connectivity index (χ0) is 4.50. The van der Waals surface area contributed by atoms with Crippen molar-refractivity contribution in [1.29, 1.82) is 0 Å². The van der Waals surface area contributed by atoms with Gasteiger partial charge in [0.25, 0.3) is 0 Å². The molecule has 0 unspecified atom stereocenters. The van der Waals surface area contributed by atoms with Gasteiger partial charge in [-0.15, -0.1) is 0 Å². The van der Waals surface area contributed by atoms with Gasteiger partial charge in [0.1, 0.15) is 0 Å². The Morgan fingerprint density at radius 2 is 0.643 bits per heavy atom. The maximum atomic E-state index is 8.74. The molecule has 14 heavy (non-hydrogen) atoms. The molecule has 0 atom stereocenters. The third kappa shape index (κ3) is 250. The SMILES string of the molecule is O.O.O.O.O.O.O=S(=O)(O)O.[KH].[KH].[MgH2]. The third-order valence-corrected chi connectivity index (χ3v) is 0. The van der Waals surface area contributed by atoms with Gasteiger partial charge in [-0.2, -0.15) is 8.42 Å². The Labute approximate surface area is 182 Å². The van der Waals surface area contributed by atoms with Gasteiger partial charge in [0, 0.05) is 0 Å². The first-order valence-electron chi connectivity index (χ1n) is 0.698. The summed E-state index contributed by atoms with van der Waals surface area (Å²) < 4.78 is 31.6. The van der Waals surface area contributed by atoms with Crippen LogP contribution in [0.1, 0.15) is 0 Å². The fraction of sp³-hybridized carbons (Fsp3) is 0. The molecule has 0 aliphatic heterocycles. The molecule has 14 heteroatoms. The second-order valence-electron chi connectivity index (χ2n) is 0.448. The van der Waals surface area contributed by atoms with Gasteiger partial charge in [-0.25, -0.2) is 0 Å². The number of rotatable bonds is 0. The minimum absolute atomic E-state index is 0. The van der Waals surface area contributed by atoms with Crippen LogP contribution < -0.4 is 0 Å². The van der Waals surface area contributed by atoms with Crippen molar-refractivity contribution in [2.45, 2.75) is 0 Å². The Hall–Kier alpha value is 3.67. The van der Waals surface area contributed by atoms with E-state index in [9.17, 15) is 0 Å². The third-order valence-electron chi connectivity index (χ3n) is 0. The molecule has 0 heterocycles. The van der Waals surface area contributed by atoms with Gasteiger partial charge in [0.2, 0.25) is 0 Å². The van der Waals surface area contributed by atoms with Crippen LogP contribution in [0.15, 0.2) is 0 Å². The Bertz CT molecular complexity index is 101. The molecule has 0 bridgehead atoms. The van der Waals surface area contributed by atoms with Crippen molar-refractivity contribution in [3.63, 3.8) is 0 Å². The van der Waals surface area contributed by atoms with E-state index in [0.29, 0.717) is 0 Å². The average molecular weight is 313 g/mol. The summed E-state index contributed by atoms with van der Waals surface area (Å²) >= 11 is 0. The maximum Gasteiger partial charge on any atom is 0.316 e. The van der Waals surface area contributed by atoms with Crippen molar-refractivity contribution in [3.05, 3.63) is 0 Å². The summed E-state index contributed by atoms with van der Waals surface area (Å²) in [6.45, 7) is 0. The van der Waals surface area contributed by atoms with Crippen molar-refractivity contribution in [1.82, 2.24) is 0 Å². The second kappa shape index (κ2) is 43.8. The minimum atomic E-state index is -4.67. The van der Waals surface area contributed by atoms with E-state index in [2.05, 4.69) is 0 Å². The van der Waals surface area contributed by atoms with Gasteiger partial charge in [0.15, 0.2) is 0 Å². The monoisotopic (exact) mass is 312 g/mol. The predicted molar refractivity (Wildman–Crippen MR) is 58.7 cm³/mol. The van der Waals surface area contributed by atoms with E-state index in [1.807, 2.05) is 0 Å². The zero-order valence-electron chi connectivity index (χ0n) is 5.12. The van der Waals surface area contributed by atoms with Crippen molar-refractivity contribution in [2.24, 2.45) is 0 Å². The molecule has 0 amide bonds. The van der Waals surface area contributed by atoms with Crippen LogP contribution in [-0.4, -0.2) is 176 Å². The van der Waals surface area contributed by atoms with Crippen LogP contribution in [0.25, 0.3) is 0 Å². The Kier molecular flexibility index (Phi) is 261. The van der Waals surface area contributed by atoms with E-state index in [1.165, 1.54) is 0 Å². The molecule has 0 aliphatic rings. The summed E-state index contributed by atoms with van der Waals surface area (Å²) in [4.78, 5) is 0. The van der Waals surface area contributed by atoms with E-state index >= 15 is 0 Å². The smallest absolute Gasteiger partial charge is 0.316 e. The van der Waals surface area contributed by atoms with Gasteiger partial charge >= 0.3 is 136 Å². The fourth-order valence-corrected chi connectivity index (χ4v) is 0. The normalized spacial score (nSPS) is 4.14. The van der Waals surface area contributed by atoms with E-state index < -0.39 is 10.4 Å². The molecule has 0 aromatic rings. The van der Waals surface area contributed by atoms with Crippen LogP contribution in [0.3, 0.4) is 0 Å².